The molecule has 0 aliphatic heterocycles. The Morgan fingerprint density at radius 2 is 1.75 bits per heavy atom. The second-order valence-corrected chi connectivity index (χ2v) is 10.6. The molecule has 0 saturated carbocycles. The van der Waals surface area contributed by atoms with Gasteiger partial charge in [-0.25, -0.2) is 4.79 Å². The van der Waals surface area contributed by atoms with Crippen LogP contribution in [-0.4, -0.2) is 59.7 Å². The maximum absolute atomic E-state index is 13.8. The summed E-state index contributed by atoms with van der Waals surface area (Å²) in [6, 6.07) is 17.8. The number of hydrogen-bond acceptors (Lipinski definition) is 6. The number of methoxy groups -OCH3 is 1. The van der Waals surface area contributed by atoms with E-state index in [4.69, 9.17) is 14.6 Å². The third-order valence-corrected chi connectivity index (χ3v) is 7.10. The summed E-state index contributed by atoms with van der Waals surface area (Å²) in [5.41, 5.74) is 3.62. The third kappa shape index (κ3) is 6.84. The van der Waals surface area contributed by atoms with Gasteiger partial charge in [0.25, 0.3) is 5.91 Å². The van der Waals surface area contributed by atoms with Gasteiger partial charge in [0.1, 0.15) is 23.9 Å². The van der Waals surface area contributed by atoms with Gasteiger partial charge in [0.15, 0.2) is 0 Å². The predicted molar refractivity (Wildman–Crippen MR) is 152 cm³/mol. The fourth-order valence-corrected chi connectivity index (χ4v) is 5.11. The van der Waals surface area contributed by atoms with Crippen molar-refractivity contribution in [2.24, 2.45) is 0 Å². The van der Waals surface area contributed by atoms with Gasteiger partial charge in [-0.1, -0.05) is 12.1 Å². The minimum Gasteiger partial charge on any atom is -0.508 e. The number of hydrogen-bond donors (Lipinski definition) is 4. The lowest BCUT2D eigenvalue weighted by Gasteiger charge is -2.31. The molecule has 1 aliphatic carbocycles. The molecular weight excluding hydrogens is 512 g/mol. The highest BCUT2D eigenvalue weighted by molar-refractivity contribution is 6.06. The number of aryl methyl sites for hydroxylation is 1. The van der Waals surface area contributed by atoms with Crippen LogP contribution in [0.2, 0.25) is 0 Å². The molecule has 1 unspecified atom stereocenters. The summed E-state index contributed by atoms with van der Waals surface area (Å²) in [5.74, 6) is 1.24. The van der Waals surface area contributed by atoms with E-state index in [1.165, 1.54) is 5.56 Å². The van der Waals surface area contributed by atoms with E-state index in [1.54, 1.807) is 56.2 Å². The maximum Gasteiger partial charge on any atom is 0.405 e. The molecule has 0 saturated heterocycles. The monoisotopic (exact) mass is 548 g/mol. The average molecular weight is 549 g/mol. The summed E-state index contributed by atoms with van der Waals surface area (Å²) in [4.78, 5) is 26.3. The number of phenolic OH excluding ortho intramolecular Hbond substituents is 1. The van der Waals surface area contributed by atoms with E-state index in [-0.39, 0.29) is 37.3 Å². The number of aromatic hydroxyl groups is 1. The van der Waals surface area contributed by atoms with Gasteiger partial charge in [0, 0.05) is 18.2 Å². The largest absolute Gasteiger partial charge is 0.508 e. The topological polar surface area (TPSA) is 129 Å². The summed E-state index contributed by atoms with van der Waals surface area (Å²) in [7, 11) is 1.58. The fraction of sp³-hybridized carbons (Fsp3) is 0.355. The molecule has 0 fully saturated rings. The van der Waals surface area contributed by atoms with Gasteiger partial charge in [-0.2, -0.15) is 0 Å². The molecule has 3 aromatic carbocycles. The van der Waals surface area contributed by atoms with Gasteiger partial charge in [-0.15, -0.1) is 0 Å². The average Bonchev–Trinajstić information content (AvgIpc) is 2.93. The van der Waals surface area contributed by atoms with Gasteiger partial charge in [0.2, 0.25) is 0 Å². The maximum atomic E-state index is 13.8. The quantitative estimate of drug-likeness (QED) is 0.288. The molecule has 2 amide bonds. The van der Waals surface area contributed by atoms with E-state index >= 15 is 0 Å². The highest BCUT2D eigenvalue weighted by atomic mass is 16.5. The first-order chi connectivity index (χ1) is 19.1. The number of aliphatic hydroxyl groups excluding tert-OH is 1. The first-order valence-corrected chi connectivity index (χ1v) is 13.3. The Balaban J connectivity index is 1.59. The lowest BCUT2D eigenvalue weighted by atomic mass is 9.79. The Labute approximate surface area is 234 Å². The Morgan fingerprint density at radius 3 is 2.42 bits per heavy atom. The Bertz CT molecular complexity index is 1350. The van der Waals surface area contributed by atoms with Gasteiger partial charge in [-0.3, -0.25) is 4.79 Å². The number of phenols is 1. The third-order valence-electron chi connectivity index (χ3n) is 7.10. The van der Waals surface area contributed by atoms with Crippen LogP contribution in [0.5, 0.6) is 17.2 Å². The van der Waals surface area contributed by atoms with Crippen LogP contribution >= 0.6 is 0 Å². The summed E-state index contributed by atoms with van der Waals surface area (Å²) < 4.78 is 11.2. The van der Waals surface area contributed by atoms with Gasteiger partial charge in [-0.05, 0) is 98.2 Å². The van der Waals surface area contributed by atoms with Gasteiger partial charge >= 0.3 is 6.09 Å². The number of carboxylic acid groups (broad SMARTS) is 1. The smallest absolute Gasteiger partial charge is 0.405 e. The molecule has 212 valence electrons. The van der Waals surface area contributed by atoms with Crippen molar-refractivity contribution in [2.45, 2.75) is 44.6 Å². The van der Waals surface area contributed by atoms with Crippen LogP contribution in [0.15, 0.2) is 60.7 Å². The molecule has 40 heavy (non-hydrogen) atoms. The van der Waals surface area contributed by atoms with E-state index in [0.29, 0.717) is 22.7 Å². The first kappa shape index (κ1) is 28.8. The van der Waals surface area contributed by atoms with E-state index in [0.717, 1.165) is 30.4 Å². The zero-order valence-corrected chi connectivity index (χ0v) is 23.0. The molecule has 9 heteroatoms. The minimum atomic E-state index is -1.13. The Morgan fingerprint density at radius 1 is 1.02 bits per heavy atom. The highest BCUT2D eigenvalue weighted by Crippen LogP contribution is 2.40. The number of aliphatic hydroxyl groups is 1. The van der Waals surface area contributed by atoms with Crippen LogP contribution in [0.4, 0.5) is 10.5 Å². The molecule has 4 rings (SSSR count). The number of fused-ring (bicyclic) bond motifs is 1. The number of anilines is 1. The SMILES string of the molecule is COc1ccc(C2CCc3cc(O)ccc3C2)c(N(CCO)C(=O)c2ccc(OCC(C)(C)NC(=O)O)cc2)c1. The molecule has 3 aromatic rings. The minimum absolute atomic E-state index is 0.101. The van der Waals surface area contributed by atoms with Crippen molar-refractivity contribution in [1.29, 1.82) is 0 Å². The molecule has 0 heterocycles. The second-order valence-electron chi connectivity index (χ2n) is 10.6. The fourth-order valence-electron chi connectivity index (χ4n) is 5.11. The normalized spacial score (nSPS) is 14.7. The van der Waals surface area contributed by atoms with Gasteiger partial charge in [0.05, 0.1) is 24.9 Å². The number of carbonyl (C=O) groups excluding carboxylic acids is 1. The number of benzene rings is 3. The molecular formula is C31H36N2O7. The van der Waals surface area contributed by atoms with Crippen molar-refractivity contribution in [2.75, 3.05) is 31.8 Å². The number of amides is 2. The zero-order valence-electron chi connectivity index (χ0n) is 23.0. The Kier molecular flexibility index (Phi) is 8.84. The van der Waals surface area contributed by atoms with Crippen molar-refractivity contribution in [3.8, 4) is 17.2 Å². The predicted octanol–water partition coefficient (Wildman–Crippen LogP) is 4.74. The van der Waals surface area contributed by atoms with Crippen LogP contribution < -0.4 is 19.7 Å². The molecule has 1 aliphatic rings. The molecule has 0 spiro atoms. The Hall–Kier alpha value is -4.24. The molecule has 0 radical (unpaired) electrons. The number of rotatable bonds is 10. The van der Waals surface area contributed by atoms with E-state index in [1.807, 2.05) is 30.3 Å². The van der Waals surface area contributed by atoms with Crippen LogP contribution in [0.25, 0.3) is 0 Å². The van der Waals surface area contributed by atoms with Crippen molar-refractivity contribution >= 4 is 17.7 Å². The van der Waals surface area contributed by atoms with Crippen molar-refractivity contribution < 1.29 is 34.4 Å². The lowest BCUT2D eigenvalue weighted by molar-refractivity contribution is 0.0980. The summed E-state index contributed by atoms with van der Waals surface area (Å²) in [6.45, 7) is 3.42. The zero-order chi connectivity index (χ0) is 28.9. The summed E-state index contributed by atoms with van der Waals surface area (Å²) in [6.07, 6.45) is 1.31. The van der Waals surface area contributed by atoms with E-state index < -0.39 is 11.6 Å². The lowest BCUT2D eigenvalue weighted by Crippen LogP contribution is -2.47. The number of carbonyl (C=O) groups is 2. The molecule has 0 aromatic heterocycles. The number of nitrogens with one attached hydrogen (secondary N) is 1. The van der Waals surface area contributed by atoms with Crippen molar-refractivity contribution in [3.05, 3.63) is 82.9 Å². The van der Waals surface area contributed by atoms with Crippen LogP contribution in [0.1, 0.15) is 53.2 Å². The molecule has 1 atom stereocenters. The number of nitrogens with zero attached hydrogens (tertiary/aromatic N) is 1. The van der Waals surface area contributed by atoms with Crippen LogP contribution in [0, 0.1) is 0 Å². The summed E-state index contributed by atoms with van der Waals surface area (Å²) in [5, 5.41) is 31.2. The molecule has 0 bridgehead atoms. The first-order valence-electron chi connectivity index (χ1n) is 13.3. The second kappa shape index (κ2) is 12.3. The van der Waals surface area contributed by atoms with Crippen LogP contribution in [-0.2, 0) is 12.8 Å². The van der Waals surface area contributed by atoms with Gasteiger partial charge < -0.3 is 35.0 Å². The van der Waals surface area contributed by atoms with E-state index in [2.05, 4.69) is 5.32 Å². The molecule has 4 N–H and O–H groups in total. The van der Waals surface area contributed by atoms with Crippen molar-refractivity contribution in [3.63, 3.8) is 0 Å². The molecule has 9 nitrogen and oxygen atoms in total. The highest BCUT2D eigenvalue weighted by Gasteiger charge is 2.28. The summed E-state index contributed by atoms with van der Waals surface area (Å²) >= 11 is 0. The number of ether oxygens (including phenoxy) is 2. The standard InChI is InChI=1S/C31H36N2O7/c1-31(2,32-30(37)38)19-40-25-10-7-20(8-11-25)29(36)33(14-15-34)28-18-26(39-3)12-13-27(28)23-5-4-22-17-24(35)9-6-21(22)16-23/h6-13,17-18,23,32,34-35H,4-5,14-16,19H2,1-3H3,(H,37,38). The van der Waals surface area contributed by atoms with Crippen molar-refractivity contribution in [1.82, 2.24) is 5.32 Å². The van der Waals surface area contributed by atoms with Crippen LogP contribution in [0.3, 0.4) is 0 Å². The van der Waals surface area contributed by atoms with E-state index in [9.17, 15) is 19.8 Å².